The van der Waals surface area contributed by atoms with E-state index in [0.29, 0.717) is 34.7 Å². The minimum atomic E-state index is -0.546. The molecule has 0 aliphatic heterocycles. The van der Waals surface area contributed by atoms with Crippen molar-refractivity contribution in [1.29, 1.82) is 0 Å². The molecule has 1 aliphatic carbocycles. The van der Waals surface area contributed by atoms with Gasteiger partial charge in [0, 0.05) is 17.1 Å². The molecule has 1 amide bonds. The molecule has 180 valence electrons. The summed E-state index contributed by atoms with van der Waals surface area (Å²) in [6, 6.07) is 13.9. The summed E-state index contributed by atoms with van der Waals surface area (Å²) in [5.74, 6) is -0.376. The first-order valence-corrected chi connectivity index (χ1v) is 12.0. The molecule has 9 heteroatoms. The van der Waals surface area contributed by atoms with Crippen LogP contribution in [0.4, 0.5) is 4.39 Å². The molecule has 1 aliphatic rings. The summed E-state index contributed by atoms with van der Waals surface area (Å²) >= 11 is 6.04. The minimum Gasteiger partial charge on any atom is -0.353 e. The van der Waals surface area contributed by atoms with Crippen LogP contribution in [0, 0.1) is 5.82 Å². The molecule has 0 spiro atoms. The Morgan fingerprint density at radius 1 is 1.11 bits per heavy atom. The normalized spacial score (nSPS) is 14.9. The average Bonchev–Trinajstić information content (AvgIpc) is 3.51. The van der Waals surface area contributed by atoms with Crippen molar-refractivity contribution >= 4 is 28.5 Å². The first-order valence-electron chi connectivity index (χ1n) is 11.7. The van der Waals surface area contributed by atoms with E-state index in [1.807, 2.05) is 24.3 Å². The Kier molecular flexibility index (Phi) is 6.38. The molecular formula is C26H25ClFN5O2. The molecule has 4 aromatic rings. The Balaban J connectivity index is 1.29. The van der Waals surface area contributed by atoms with Crippen LogP contribution in [0.2, 0.25) is 5.02 Å². The Morgan fingerprint density at radius 3 is 2.60 bits per heavy atom. The van der Waals surface area contributed by atoms with Gasteiger partial charge in [-0.05, 0) is 36.6 Å². The zero-order chi connectivity index (χ0) is 24.4. The van der Waals surface area contributed by atoms with Crippen molar-refractivity contribution in [3.8, 4) is 0 Å². The number of hydrogen-bond acceptors (Lipinski definition) is 4. The highest BCUT2D eigenvalue weighted by Gasteiger charge is 2.42. The van der Waals surface area contributed by atoms with Crippen LogP contribution in [0.15, 0.2) is 65.8 Å². The standard InChI is InChI=1S/C26H25ClFN5O2/c27-20-9-7-19(8-10-20)26(11-3-4-12-26)25(35)29-13-14-33-23-21(15-31-33)24(34)32(17-30-23)16-18-5-1-2-6-22(18)28/h1-2,5-10,15,17H,3-4,11-14,16H2,(H,29,35). The summed E-state index contributed by atoms with van der Waals surface area (Å²) in [4.78, 5) is 30.6. The fraction of sp³-hybridized carbons (Fsp3) is 0.308. The van der Waals surface area contributed by atoms with Gasteiger partial charge < -0.3 is 5.32 Å². The fourth-order valence-electron chi connectivity index (χ4n) is 4.92. The van der Waals surface area contributed by atoms with Crippen molar-refractivity contribution in [3.05, 3.63) is 93.4 Å². The lowest BCUT2D eigenvalue weighted by molar-refractivity contribution is -0.126. The van der Waals surface area contributed by atoms with Crippen LogP contribution in [-0.2, 0) is 23.3 Å². The molecule has 1 saturated carbocycles. The highest BCUT2D eigenvalue weighted by atomic mass is 35.5. The maximum Gasteiger partial charge on any atom is 0.264 e. The lowest BCUT2D eigenvalue weighted by atomic mass is 9.78. The van der Waals surface area contributed by atoms with E-state index in [4.69, 9.17) is 11.6 Å². The molecule has 2 aromatic carbocycles. The van der Waals surface area contributed by atoms with E-state index < -0.39 is 5.41 Å². The molecule has 0 radical (unpaired) electrons. The van der Waals surface area contributed by atoms with Gasteiger partial charge in [0.25, 0.3) is 5.56 Å². The summed E-state index contributed by atoms with van der Waals surface area (Å²) in [7, 11) is 0. The first kappa shape index (κ1) is 23.2. The lowest BCUT2D eigenvalue weighted by Crippen LogP contribution is -2.43. The highest BCUT2D eigenvalue weighted by Crippen LogP contribution is 2.41. The van der Waals surface area contributed by atoms with E-state index in [-0.39, 0.29) is 23.8 Å². The second kappa shape index (κ2) is 9.62. The highest BCUT2D eigenvalue weighted by molar-refractivity contribution is 6.30. The summed E-state index contributed by atoms with van der Waals surface area (Å²) in [5.41, 5.74) is 0.990. The summed E-state index contributed by atoms with van der Waals surface area (Å²) in [5, 5.41) is 8.36. The number of aromatic nitrogens is 4. The van der Waals surface area contributed by atoms with Gasteiger partial charge in [-0.2, -0.15) is 5.10 Å². The van der Waals surface area contributed by atoms with Gasteiger partial charge in [0.2, 0.25) is 5.91 Å². The van der Waals surface area contributed by atoms with Crippen LogP contribution in [0.25, 0.3) is 11.0 Å². The maximum atomic E-state index is 14.0. The second-order valence-electron chi connectivity index (χ2n) is 8.93. The van der Waals surface area contributed by atoms with E-state index in [1.165, 1.54) is 23.2 Å². The monoisotopic (exact) mass is 493 g/mol. The number of carbonyl (C=O) groups is 1. The molecule has 1 fully saturated rings. The number of nitrogens with zero attached hydrogens (tertiary/aromatic N) is 4. The zero-order valence-corrected chi connectivity index (χ0v) is 19.8. The molecular weight excluding hydrogens is 469 g/mol. The maximum absolute atomic E-state index is 14.0. The summed E-state index contributed by atoms with van der Waals surface area (Å²) in [6.45, 7) is 0.809. The molecule has 0 unspecified atom stereocenters. The predicted molar refractivity (Wildman–Crippen MR) is 132 cm³/mol. The van der Waals surface area contributed by atoms with E-state index in [1.54, 1.807) is 22.9 Å². The number of fused-ring (bicyclic) bond motifs is 1. The van der Waals surface area contributed by atoms with Crippen LogP contribution in [-0.4, -0.2) is 31.8 Å². The Hall–Kier alpha value is -3.52. The van der Waals surface area contributed by atoms with Crippen LogP contribution >= 0.6 is 11.6 Å². The van der Waals surface area contributed by atoms with E-state index in [0.717, 1.165) is 31.2 Å². The Morgan fingerprint density at radius 2 is 1.86 bits per heavy atom. The van der Waals surface area contributed by atoms with E-state index >= 15 is 0 Å². The van der Waals surface area contributed by atoms with Crippen LogP contribution in [0.1, 0.15) is 36.8 Å². The van der Waals surface area contributed by atoms with Crippen molar-refractivity contribution in [2.45, 2.75) is 44.2 Å². The predicted octanol–water partition coefficient (Wildman–Crippen LogP) is 4.06. The molecule has 0 bridgehead atoms. The third kappa shape index (κ3) is 4.46. The van der Waals surface area contributed by atoms with Crippen molar-refractivity contribution < 1.29 is 9.18 Å². The fourth-order valence-corrected chi connectivity index (χ4v) is 5.05. The number of rotatable bonds is 7. The number of halogens is 2. The Bertz CT molecular complexity index is 1420. The molecule has 2 aromatic heterocycles. The molecule has 35 heavy (non-hydrogen) atoms. The number of hydrogen-bond donors (Lipinski definition) is 1. The number of amides is 1. The topological polar surface area (TPSA) is 81.8 Å². The van der Waals surface area contributed by atoms with Gasteiger partial charge in [-0.15, -0.1) is 0 Å². The third-order valence-electron chi connectivity index (χ3n) is 6.82. The van der Waals surface area contributed by atoms with Crippen LogP contribution in [0.5, 0.6) is 0 Å². The molecule has 0 saturated heterocycles. The van der Waals surface area contributed by atoms with Gasteiger partial charge in [-0.1, -0.05) is 54.8 Å². The van der Waals surface area contributed by atoms with E-state index in [2.05, 4.69) is 15.4 Å². The van der Waals surface area contributed by atoms with Crippen molar-refractivity contribution in [1.82, 2.24) is 24.6 Å². The average molecular weight is 494 g/mol. The minimum absolute atomic E-state index is 0.00557. The molecule has 1 N–H and O–H groups in total. The molecule has 2 heterocycles. The molecule has 0 atom stereocenters. The van der Waals surface area contributed by atoms with Crippen molar-refractivity contribution in [3.63, 3.8) is 0 Å². The van der Waals surface area contributed by atoms with Gasteiger partial charge in [0.1, 0.15) is 17.5 Å². The third-order valence-corrected chi connectivity index (χ3v) is 7.07. The van der Waals surface area contributed by atoms with Gasteiger partial charge in [-0.3, -0.25) is 14.2 Å². The van der Waals surface area contributed by atoms with Crippen molar-refractivity contribution in [2.24, 2.45) is 0 Å². The lowest BCUT2D eigenvalue weighted by Gasteiger charge is -2.28. The Labute approximate surface area is 206 Å². The summed E-state index contributed by atoms with van der Waals surface area (Å²) in [6.07, 6.45) is 6.48. The van der Waals surface area contributed by atoms with Gasteiger partial charge in [0.05, 0.1) is 24.7 Å². The number of benzene rings is 2. The zero-order valence-electron chi connectivity index (χ0n) is 19.1. The second-order valence-corrected chi connectivity index (χ2v) is 9.36. The van der Waals surface area contributed by atoms with Crippen LogP contribution < -0.4 is 10.9 Å². The van der Waals surface area contributed by atoms with Gasteiger partial charge in [0.15, 0.2) is 5.65 Å². The molecule has 7 nitrogen and oxygen atoms in total. The van der Waals surface area contributed by atoms with Gasteiger partial charge >= 0.3 is 0 Å². The smallest absolute Gasteiger partial charge is 0.264 e. The number of carbonyl (C=O) groups excluding carboxylic acids is 1. The van der Waals surface area contributed by atoms with Crippen LogP contribution in [0.3, 0.4) is 0 Å². The van der Waals surface area contributed by atoms with E-state index in [9.17, 15) is 14.0 Å². The summed E-state index contributed by atoms with van der Waals surface area (Å²) < 4.78 is 17.0. The quantitative estimate of drug-likeness (QED) is 0.421. The van der Waals surface area contributed by atoms with Gasteiger partial charge in [-0.25, -0.2) is 14.1 Å². The molecule has 5 rings (SSSR count). The first-order chi connectivity index (χ1) is 17.0. The largest absolute Gasteiger partial charge is 0.353 e. The van der Waals surface area contributed by atoms with Crippen molar-refractivity contribution in [2.75, 3.05) is 6.54 Å². The SMILES string of the molecule is O=C(NCCn1ncc2c(=O)n(Cc3ccccc3F)cnc21)C1(c2ccc(Cl)cc2)CCCC1. The number of nitrogens with one attached hydrogen (secondary N) is 1.